The topological polar surface area (TPSA) is 25.2 Å². The zero-order valence-electron chi connectivity index (χ0n) is 10.3. The Morgan fingerprint density at radius 3 is 2.94 bits per heavy atom. The van der Waals surface area contributed by atoms with E-state index in [9.17, 15) is 0 Å². The Morgan fingerprint density at radius 2 is 2.12 bits per heavy atom. The predicted octanol–water partition coefficient (Wildman–Crippen LogP) is 3.63. The van der Waals surface area contributed by atoms with Crippen molar-refractivity contribution >= 4 is 11.0 Å². The van der Waals surface area contributed by atoms with Gasteiger partial charge in [0.15, 0.2) is 0 Å². The van der Waals surface area contributed by atoms with E-state index in [0.29, 0.717) is 0 Å². The molecule has 1 fully saturated rings. The third kappa shape index (κ3) is 2.37. The standard InChI is InChI=1S/C15H19NO/c1-11-14(10-16-9-8-12-6-7-12)13-4-2-3-5-15(13)17-11/h2-5,12,16H,6-10H2,1H3. The zero-order chi connectivity index (χ0) is 11.7. The normalized spacial score (nSPS) is 15.6. The van der Waals surface area contributed by atoms with Gasteiger partial charge in [-0.25, -0.2) is 0 Å². The summed E-state index contributed by atoms with van der Waals surface area (Å²) in [5, 5.41) is 4.79. The Balaban J connectivity index is 1.68. The van der Waals surface area contributed by atoms with Crippen LogP contribution in [0.4, 0.5) is 0 Å². The molecule has 1 aliphatic rings. The molecule has 2 aromatic rings. The minimum absolute atomic E-state index is 0.926. The average Bonchev–Trinajstić information content (AvgIpc) is 3.09. The molecule has 90 valence electrons. The fourth-order valence-corrected chi connectivity index (χ4v) is 2.37. The highest BCUT2D eigenvalue weighted by Gasteiger charge is 2.20. The summed E-state index contributed by atoms with van der Waals surface area (Å²) in [5.74, 6) is 2.05. The molecule has 2 heteroatoms. The van der Waals surface area contributed by atoms with Gasteiger partial charge >= 0.3 is 0 Å². The Morgan fingerprint density at radius 1 is 1.29 bits per heavy atom. The number of hydrogen-bond acceptors (Lipinski definition) is 2. The molecule has 1 N–H and O–H groups in total. The average molecular weight is 229 g/mol. The lowest BCUT2D eigenvalue weighted by atomic mass is 10.1. The fraction of sp³-hybridized carbons (Fsp3) is 0.467. The molecule has 0 saturated heterocycles. The van der Waals surface area contributed by atoms with Gasteiger partial charge in [0.2, 0.25) is 0 Å². The second-order valence-electron chi connectivity index (χ2n) is 5.04. The molecule has 1 aromatic carbocycles. The SMILES string of the molecule is Cc1oc2ccccc2c1CNCCC1CC1. The summed E-state index contributed by atoms with van der Waals surface area (Å²) in [6.07, 6.45) is 4.21. The first kappa shape index (κ1) is 10.8. The minimum Gasteiger partial charge on any atom is -0.461 e. The van der Waals surface area contributed by atoms with Gasteiger partial charge in [-0.3, -0.25) is 0 Å². The molecule has 0 radical (unpaired) electrons. The number of hydrogen-bond donors (Lipinski definition) is 1. The van der Waals surface area contributed by atoms with Gasteiger partial charge in [-0.2, -0.15) is 0 Å². The molecule has 1 aromatic heterocycles. The van der Waals surface area contributed by atoms with Crippen molar-refractivity contribution < 1.29 is 4.42 Å². The molecule has 0 aliphatic heterocycles. The highest BCUT2D eigenvalue weighted by atomic mass is 16.3. The van der Waals surface area contributed by atoms with Crippen LogP contribution in [-0.4, -0.2) is 6.54 Å². The van der Waals surface area contributed by atoms with Crippen LogP contribution in [0.25, 0.3) is 11.0 Å². The fourth-order valence-electron chi connectivity index (χ4n) is 2.37. The minimum atomic E-state index is 0.926. The molecule has 0 spiro atoms. The Hall–Kier alpha value is -1.28. The number of para-hydroxylation sites is 1. The predicted molar refractivity (Wildman–Crippen MR) is 70.0 cm³/mol. The monoisotopic (exact) mass is 229 g/mol. The number of nitrogens with one attached hydrogen (secondary N) is 1. The van der Waals surface area contributed by atoms with E-state index in [1.165, 1.54) is 30.2 Å². The smallest absolute Gasteiger partial charge is 0.134 e. The first-order valence-electron chi connectivity index (χ1n) is 6.52. The van der Waals surface area contributed by atoms with E-state index in [1.54, 1.807) is 0 Å². The molecule has 17 heavy (non-hydrogen) atoms. The highest BCUT2D eigenvalue weighted by molar-refractivity contribution is 5.82. The maximum Gasteiger partial charge on any atom is 0.134 e. The molecular formula is C15H19NO. The van der Waals surface area contributed by atoms with Crippen LogP contribution in [-0.2, 0) is 6.54 Å². The van der Waals surface area contributed by atoms with Crippen molar-refractivity contribution in [2.24, 2.45) is 5.92 Å². The van der Waals surface area contributed by atoms with Gasteiger partial charge in [-0.05, 0) is 31.9 Å². The van der Waals surface area contributed by atoms with Crippen molar-refractivity contribution in [2.45, 2.75) is 32.7 Å². The molecule has 1 heterocycles. The molecule has 0 unspecified atom stereocenters. The molecule has 0 bridgehead atoms. The summed E-state index contributed by atoms with van der Waals surface area (Å²) in [6, 6.07) is 8.28. The maximum atomic E-state index is 5.75. The lowest BCUT2D eigenvalue weighted by Gasteiger charge is -2.03. The van der Waals surface area contributed by atoms with Crippen molar-refractivity contribution in [2.75, 3.05) is 6.54 Å². The molecule has 2 nitrogen and oxygen atoms in total. The van der Waals surface area contributed by atoms with Gasteiger partial charge in [0.25, 0.3) is 0 Å². The third-order valence-corrected chi connectivity index (χ3v) is 3.63. The van der Waals surface area contributed by atoms with Gasteiger partial charge in [0.05, 0.1) is 0 Å². The lowest BCUT2D eigenvalue weighted by Crippen LogP contribution is -2.15. The summed E-state index contributed by atoms with van der Waals surface area (Å²) < 4.78 is 5.75. The van der Waals surface area contributed by atoms with E-state index in [0.717, 1.165) is 30.4 Å². The highest BCUT2D eigenvalue weighted by Crippen LogP contribution is 2.31. The summed E-state index contributed by atoms with van der Waals surface area (Å²) in [5.41, 5.74) is 2.32. The van der Waals surface area contributed by atoms with Gasteiger partial charge in [0.1, 0.15) is 11.3 Å². The Labute approximate surface area is 102 Å². The molecule has 0 amide bonds. The van der Waals surface area contributed by atoms with Crippen molar-refractivity contribution in [3.05, 3.63) is 35.6 Å². The first-order chi connectivity index (χ1) is 8.34. The van der Waals surface area contributed by atoms with Crippen molar-refractivity contribution in [3.8, 4) is 0 Å². The van der Waals surface area contributed by atoms with Crippen molar-refractivity contribution in [3.63, 3.8) is 0 Å². The number of benzene rings is 1. The quantitative estimate of drug-likeness (QED) is 0.792. The Bertz CT molecular complexity index is 511. The van der Waals surface area contributed by atoms with Crippen LogP contribution in [0.1, 0.15) is 30.6 Å². The summed E-state index contributed by atoms with van der Waals surface area (Å²) in [7, 11) is 0. The van der Waals surface area contributed by atoms with E-state index in [1.807, 2.05) is 12.1 Å². The van der Waals surface area contributed by atoms with Gasteiger partial charge in [0, 0.05) is 17.5 Å². The van der Waals surface area contributed by atoms with Crippen LogP contribution in [0.2, 0.25) is 0 Å². The van der Waals surface area contributed by atoms with Crippen LogP contribution in [0.15, 0.2) is 28.7 Å². The van der Waals surface area contributed by atoms with E-state index in [2.05, 4.69) is 24.4 Å². The summed E-state index contributed by atoms with van der Waals surface area (Å²) in [6.45, 7) is 4.11. The molecular weight excluding hydrogens is 210 g/mol. The van der Waals surface area contributed by atoms with E-state index in [-0.39, 0.29) is 0 Å². The number of fused-ring (bicyclic) bond motifs is 1. The molecule has 0 atom stereocenters. The molecule has 1 saturated carbocycles. The maximum absolute atomic E-state index is 5.75. The van der Waals surface area contributed by atoms with Crippen molar-refractivity contribution in [1.82, 2.24) is 5.32 Å². The van der Waals surface area contributed by atoms with Crippen LogP contribution < -0.4 is 5.32 Å². The first-order valence-corrected chi connectivity index (χ1v) is 6.52. The van der Waals surface area contributed by atoms with E-state index < -0.39 is 0 Å². The van der Waals surface area contributed by atoms with Crippen LogP contribution in [0, 0.1) is 12.8 Å². The van der Waals surface area contributed by atoms with Gasteiger partial charge in [-0.15, -0.1) is 0 Å². The Kier molecular flexibility index (Phi) is 2.89. The lowest BCUT2D eigenvalue weighted by molar-refractivity contribution is 0.559. The van der Waals surface area contributed by atoms with Crippen LogP contribution in [0.5, 0.6) is 0 Å². The number of aryl methyl sites for hydroxylation is 1. The van der Waals surface area contributed by atoms with Gasteiger partial charge < -0.3 is 9.73 Å². The van der Waals surface area contributed by atoms with Crippen LogP contribution in [0.3, 0.4) is 0 Å². The third-order valence-electron chi connectivity index (χ3n) is 3.63. The second-order valence-corrected chi connectivity index (χ2v) is 5.04. The number of furan rings is 1. The molecule has 1 aliphatic carbocycles. The summed E-state index contributed by atoms with van der Waals surface area (Å²) in [4.78, 5) is 0. The second kappa shape index (κ2) is 4.53. The van der Waals surface area contributed by atoms with E-state index >= 15 is 0 Å². The van der Waals surface area contributed by atoms with Crippen molar-refractivity contribution in [1.29, 1.82) is 0 Å². The molecule has 3 rings (SSSR count). The van der Waals surface area contributed by atoms with Gasteiger partial charge in [-0.1, -0.05) is 31.0 Å². The number of rotatable bonds is 5. The largest absolute Gasteiger partial charge is 0.461 e. The summed E-state index contributed by atoms with van der Waals surface area (Å²) >= 11 is 0. The zero-order valence-corrected chi connectivity index (χ0v) is 10.3. The van der Waals surface area contributed by atoms with Crippen LogP contribution >= 0.6 is 0 Å². The van der Waals surface area contributed by atoms with E-state index in [4.69, 9.17) is 4.42 Å².